The second-order valence-corrected chi connectivity index (χ2v) is 4.36. The third-order valence-electron chi connectivity index (χ3n) is 2.78. The van der Waals surface area contributed by atoms with E-state index in [-0.39, 0.29) is 16.9 Å². The fourth-order valence-electron chi connectivity index (χ4n) is 1.71. The number of benzene rings is 2. The molecule has 0 aliphatic carbocycles. The number of non-ortho nitro benzene ring substituents is 2. The number of hydrogen-bond acceptors (Lipinski definition) is 6. The number of rotatable bonds is 5. The third kappa shape index (κ3) is 4.17. The highest BCUT2D eigenvalue weighted by Crippen LogP contribution is 2.13. The molecule has 0 bridgehead atoms. The van der Waals surface area contributed by atoms with Gasteiger partial charge in [-0.25, -0.2) is 5.43 Å². The van der Waals surface area contributed by atoms with E-state index in [4.69, 9.17) is 0 Å². The Kier molecular flexibility index (Phi) is 4.72. The van der Waals surface area contributed by atoms with Crippen molar-refractivity contribution in [2.24, 2.45) is 5.10 Å². The van der Waals surface area contributed by atoms with Gasteiger partial charge in [-0.3, -0.25) is 25.0 Å². The Morgan fingerprint density at radius 3 is 2.26 bits per heavy atom. The van der Waals surface area contributed by atoms with Crippen LogP contribution in [0.15, 0.2) is 53.6 Å². The molecule has 0 fully saturated rings. The molecule has 116 valence electrons. The number of amides is 1. The maximum Gasteiger partial charge on any atom is 0.271 e. The van der Waals surface area contributed by atoms with E-state index in [0.29, 0.717) is 5.56 Å². The molecule has 0 saturated heterocycles. The van der Waals surface area contributed by atoms with Crippen molar-refractivity contribution < 1.29 is 14.6 Å². The first-order valence-electron chi connectivity index (χ1n) is 6.29. The van der Waals surface area contributed by atoms with Crippen LogP contribution in [0.1, 0.15) is 15.9 Å². The van der Waals surface area contributed by atoms with Crippen LogP contribution in [0.3, 0.4) is 0 Å². The maximum absolute atomic E-state index is 11.8. The van der Waals surface area contributed by atoms with Gasteiger partial charge >= 0.3 is 0 Å². The van der Waals surface area contributed by atoms with E-state index in [9.17, 15) is 25.0 Å². The van der Waals surface area contributed by atoms with Crippen LogP contribution < -0.4 is 5.43 Å². The lowest BCUT2D eigenvalue weighted by atomic mass is 10.2. The van der Waals surface area contributed by atoms with Gasteiger partial charge < -0.3 is 0 Å². The highest BCUT2D eigenvalue weighted by Gasteiger charge is 2.10. The maximum atomic E-state index is 11.8. The number of hydrazone groups is 1. The summed E-state index contributed by atoms with van der Waals surface area (Å²) in [4.78, 5) is 32.0. The molecule has 9 nitrogen and oxygen atoms in total. The average Bonchev–Trinajstić information content (AvgIpc) is 2.55. The van der Waals surface area contributed by atoms with Crippen molar-refractivity contribution in [3.05, 3.63) is 79.9 Å². The summed E-state index contributed by atoms with van der Waals surface area (Å²) in [6.45, 7) is 0. The highest BCUT2D eigenvalue weighted by atomic mass is 16.6. The summed E-state index contributed by atoms with van der Waals surface area (Å²) in [6, 6.07) is 10.9. The topological polar surface area (TPSA) is 128 Å². The second kappa shape index (κ2) is 6.89. The lowest BCUT2D eigenvalue weighted by Crippen LogP contribution is -2.17. The molecule has 0 saturated carbocycles. The minimum atomic E-state index is -0.629. The fraction of sp³-hybridized carbons (Fsp3) is 0. The zero-order valence-corrected chi connectivity index (χ0v) is 11.6. The fourth-order valence-corrected chi connectivity index (χ4v) is 1.71. The third-order valence-corrected chi connectivity index (χ3v) is 2.78. The summed E-state index contributed by atoms with van der Waals surface area (Å²) in [5, 5.41) is 25.0. The minimum Gasteiger partial charge on any atom is -0.267 e. The van der Waals surface area contributed by atoms with Gasteiger partial charge in [0.05, 0.1) is 16.1 Å². The van der Waals surface area contributed by atoms with E-state index in [0.717, 1.165) is 6.07 Å². The molecule has 1 amide bonds. The summed E-state index contributed by atoms with van der Waals surface area (Å²) < 4.78 is 0. The molecule has 23 heavy (non-hydrogen) atoms. The molecule has 2 aromatic rings. The van der Waals surface area contributed by atoms with Gasteiger partial charge in [-0.05, 0) is 6.07 Å². The highest BCUT2D eigenvalue weighted by molar-refractivity contribution is 5.95. The first kappa shape index (κ1) is 15.8. The number of nitro groups is 2. The average molecular weight is 314 g/mol. The normalized spacial score (nSPS) is 10.4. The van der Waals surface area contributed by atoms with E-state index in [1.165, 1.54) is 42.6 Å². The summed E-state index contributed by atoms with van der Waals surface area (Å²) in [6.07, 6.45) is 1.24. The molecular weight excluding hydrogens is 304 g/mol. The molecule has 0 radical (unpaired) electrons. The van der Waals surface area contributed by atoms with E-state index in [1.54, 1.807) is 6.07 Å². The number of hydrogen-bond donors (Lipinski definition) is 1. The van der Waals surface area contributed by atoms with Crippen LogP contribution in [0.5, 0.6) is 0 Å². The van der Waals surface area contributed by atoms with Crippen LogP contribution >= 0.6 is 0 Å². The van der Waals surface area contributed by atoms with Crippen LogP contribution in [-0.4, -0.2) is 22.0 Å². The van der Waals surface area contributed by atoms with Crippen molar-refractivity contribution in [3.8, 4) is 0 Å². The van der Waals surface area contributed by atoms with Gasteiger partial charge in [-0.2, -0.15) is 5.10 Å². The smallest absolute Gasteiger partial charge is 0.267 e. The van der Waals surface area contributed by atoms with E-state index < -0.39 is 15.8 Å². The summed E-state index contributed by atoms with van der Waals surface area (Å²) in [5.41, 5.74) is 2.40. The summed E-state index contributed by atoms with van der Waals surface area (Å²) in [7, 11) is 0. The van der Waals surface area contributed by atoms with Gasteiger partial charge in [-0.1, -0.05) is 18.2 Å². The molecule has 9 heteroatoms. The predicted molar refractivity (Wildman–Crippen MR) is 81.3 cm³/mol. The zero-order valence-electron chi connectivity index (χ0n) is 11.6. The Morgan fingerprint density at radius 2 is 1.61 bits per heavy atom. The van der Waals surface area contributed by atoms with Crippen LogP contribution in [0.2, 0.25) is 0 Å². The van der Waals surface area contributed by atoms with Crippen LogP contribution in [0.25, 0.3) is 0 Å². The lowest BCUT2D eigenvalue weighted by Gasteiger charge is -1.99. The van der Waals surface area contributed by atoms with Gasteiger partial charge in [0, 0.05) is 35.4 Å². The minimum absolute atomic E-state index is 0.0791. The Morgan fingerprint density at radius 1 is 1.00 bits per heavy atom. The molecule has 2 rings (SSSR count). The Bertz CT molecular complexity index is 803. The number of nitrogens with zero attached hydrogens (tertiary/aromatic N) is 3. The number of nitrogens with one attached hydrogen (secondary N) is 1. The molecule has 0 unspecified atom stereocenters. The van der Waals surface area contributed by atoms with Crippen LogP contribution in [0, 0.1) is 20.2 Å². The van der Waals surface area contributed by atoms with Crippen molar-refractivity contribution in [1.29, 1.82) is 0 Å². The lowest BCUT2D eigenvalue weighted by molar-refractivity contribution is -0.385. The largest absolute Gasteiger partial charge is 0.271 e. The first-order chi connectivity index (χ1) is 11.0. The van der Waals surface area contributed by atoms with Gasteiger partial charge in [0.25, 0.3) is 17.3 Å². The molecular formula is C14H10N4O5. The Balaban J connectivity index is 2.07. The number of nitro benzene ring substituents is 2. The molecule has 0 atom stereocenters. The van der Waals surface area contributed by atoms with E-state index >= 15 is 0 Å². The Labute approximate surface area is 129 Å². The van der Waals surface area contributed by atoms with Crippen molar-refractivity contribution in [2.45, 2.75) is 0 Å². The van der Waals surface area contributed by atoms with Gasteiger partial charge in [0.1, 0.15) is 0 Å². The van der Waals surface area contributed by atoms with Crippen molar-refractivity contribution in [2.75, 3.05) is 0 Å². The predicted octanol–water partition coefficient (Wildman–Crippen LogP) is 2.27. The molecule has 0 spiro atoms. The number of carbonyl (C=O) groups is 1. The van der Waals surface area contributed by atoms with Crippen molar-refractivity contribution >= 4 is 23.5 Å². The van der Waals surface area contributed by atoms with E-state index in [1.807, 2.05) is 0 Å². The monoisotopic (exact) mass is 314 g/mol. The second-order valence-electron chi connectivity index (χ2n) is 4.36. The molecule has 2 aromatic carbocycles. The standard InChI is InChI=1S/C14H10N4O5/c19-14(11-4-2-6-13(8-11)18(22)23)16-15-9-10-3-1-5-12(7-10)17(20)21/h1-9H,(H,16,19). The quantitative estimate of drug-likeness (QED) is 0.514. The zero-order chi connectivity index (χ0) is 16.8. The van der Waals surface area contributed by atoms with E-state index in [2.05, 4.69) is 10.5 Å². The Hall–Kier alpha value is -3.62. The number of carbonyl (C=O) groups excluding carboxylic acids is 1. The molecule has 0 aromatic heterocycles. The summed E-state index contributed by atoms with van der Waals surface area (Å²) in [5.74, 6) is -0.629. The SMILES string of the molecule is O=C(NN=Cc1cccc([N+](=O)[O-])c1)c1cccc([N+](=O)[O-])c1. The molecule has 0 aliphatic heterocycles. The molecule has 0 aliphatic rings. The molecule has 1 N–H and O–H groups in total. The van der Waals surface area contributed by atoms with Crippen LogP contribution in [-0.2, 0) is 0 Å². The molecule has 0 heterocycles. The summed E-state index contributed by atoms with van der Waals surface area (Å²) >= 11 is 0. The van der Waals surface area contributed by atoms with Crippen molar-refractivity contribution in [1.82, 2.24) is 5.43 Å². The van der Waals surface area contributed by atoms with Gasteiger partial charge in [0.15, 0.2) is 0 Å². The first-order valence-corrected chi connectivity index (χ1v) is 6.29. The van der Waals surface area contributed by atoms with Gasteiger partial charge in [0.2, 0.25) is 0 Å². The van der Waals surface area contributed by atoms with Crippen LogP contribution in [0.4, 0.5) is 11.4 Å². The van der Waals surface area contributed by atoms with Crippen molar-refractivity contribution in [3.63, 3.8) is 0 Å². The van der Waals surface area contributed by atoms with Gasteiger partial charge in [-0.15, -0.1) is 0 Å².